The van der Waals surface area contributed by atoms with E-state index in [0.717, 1.165) is 50.1 Å². The predicted molar refractivity (Wildman–Crippen MR) is 197 cm³/mol. The SMILES string of the molecule is CC1(C)c2ccccc2-c2ccc(N(c3ccc(-c4ccccc4)cc3)c3ccccc3-c3cccc4oc5ccccc5c34)cc21. The van der Waals surface area contributed by atoms with Gasteiger partial charge in [0.25, 0.3) is 0 Å². The minimum Gasteiger partial charge on any atom is -0.456 e. The molecule has 224 valence electrons. The number of fused-ring (bicyclic) bond motifs is 6. The minimum absolute atomic E-state index is 0.106. The van der Waals surface area contributed by atoms with Crippen LogP contribution in [0.4, 0.5) is 17.1 Å². The van der Waals surface area contributed by atoms with Crippen LogP contribution in [0.1, 0.15) is 25.0 Å². The highest BCUT2D eigenvalue weighted by molar-refractivity contribution is 6.13. The fraction of sp³-hybridized carbons (Fsp3) is 0.0667. The highest BCUT2D eigenvalue weighted by Gasteiger charge is 2.36. The van der Waals surface area contributed by atoms with Crippen molar-refractivity contribution in [1.82, 2.24) is 0 Å². The van der Waals surface area contributed by atoms with E-state index in [-0.39, 0.29) is 5.41 Å². The van der Waals surface area contributed by atoms with Gasteiger partial charge in [-0.1, -0.05) is 135 Å². The molecular weight excluding hydrogens is 571 g/mol. The van der Waals surface area contributed by atoms with E-state index in [9.17, 15) is 0 Å². The van der Waals surface area contributed by atoms with Crippen LogP contribution in [0.5, 0.6) is 0 Å². The van der Waals surface area contributed by atoms with E-state index in [0.29, 0.717) is 0 Å². The van der Waals surface area contributed by atoms with Crippen molar-refractivity contribution in [3.05, 3.63) is 175 Å². The summed E-state index contributed by atoms with van der Waals surface area (Å²) in [5, 5.41) is 2.27. The molecule has 0 spiro atoms. The van der Waals surface area contributed by atoms with E-state index in [1.54, 1.807) is 0 Å². The third-order valence-corrected chi connectivity index (χ3v) is 9.90. The van der Waals surface area contributed by atoms with Crippen molar-refractivity contribution in [1.29, 1.82) is 0 Å². The number of nitrogens with zero attached hydrogens (tertiary/aromatic N) is 1. The Morgan fingerprint density at radius 1 is 0.447 bits per heavy atom. The van der Waals surface area contributed by atoms with Crippen LogP contribution in [0.15, 0.2) is 168 Å². The molecule has 9 rings (SSSR count). The topological polar surface area (TPSA) is 16.4 Å². The van der Waals surface area contributed by atoms with Crippen molar-refractivity contribution >= 4 is 39.0 Å². The first kappa shape index (κ1) is 27.5. The van der Waals surface area contributed by atoms with Crippen LogP contribution in [0.25, 0.3) is 55.3 Å². The third-order valence-electron chi connectivity index (χ3n) is 9.90. The van der Waals surface area contributed by atoms with Crippen LogP contribution in [-0.2, 0) is 5.41 Å². The summed E-state index contributed by atoms with van der Waals surface area (Å²) in [7, 11) is 0. The summed E-state index contributed by atoms with van der Waals surface area (Å²) in [6.45, 7) is 4.69. The molecule has 0 fully saturated rings. The smallest absolute Gasteiger partial charge is 0.136 e. The quantitative estimate of drug-likeness (QED) is 0.195. The Hall–Kier alpha value is -5.86. The number of benzene rings is 7. The van der Waals surface area contributed by atoms with Crippen LogP contribution >= 0.6 is 0 Å². The number of furan rings is 1. The zero-order valence-corrected chi connectivity index (χ0v) is 26.4. The third kappa shape index (κ3) is 4.33. The largest absolute Gasteiger partial charge is 0.456 e. The molecule has 1 aromatic heterocycles. The average Bonchev–Trinajstić information content (AvgIpc) is 3.62. The van der Waals surface area contributed by atoms with Crippen LogP contribution in [-0.4, -0.2) is 0 Å². The van der Waals surface area contributed by atoms with Crippen molar-refractivity contribution < 1.29 is 4.42 Å². The number of anilines is 3. The molecule has 0 amide bonds. The monoisotopic (exact) mass is 603 g/mol. The Labute approximate surface area is 275 Å². The summed E-state index contributed by atoms with van der Waals surface area (Å²) in [5.74, 6) is 0. The van der Waals surface area contributed by atoms with E-state index in [1.165, 1.54) is 33.4 Å². The van der Waals surface area contributed by atoms with Gasteiger partial charge in [0, 0.05) is 33.1 Å². The number of hydrogen-bond donors (Lipinski definition) is 0. The maximum atomic E-state index is 6.33. The molecule has 47 heavy (non-hydrogen) atoms. The summed E-state index contributed by atoms with van der Waals surface area (Å²) in [5.41, 5.74) is 15.1. The van der Waals surface area contributed by atoms with Gasteiger partial charge >= 0.3 is 0 Å². The van der Waals surface area contributed by atoms with Crippen molar-refractivity contribution in [3.63, 3.8) is 0 Å². The Morgan fingerprint density at radius 3 is 1.91 bits per heavy atom. The van der Waals surface area contributed by atoms with Crippen LogP contribution in [0.2, 0.25) is 0 Å². The molecule has 0 unspecified atom stereocenters. The summed E-state index contributed by atoms with van der Waals surface area (Å²) >= 11 is 0. The Balaban J connectivity index is 1.27. The van der Waals surface area contributed by atoms with E-state index >= 15 is 0 Å². The van der Waals surface area contributed by atoms with Crippen molar-refractivity contribution in [2.24, 2.45) is 0 Å². The first-order valence-electron chi connectivity index (χ1n) is 16.3. The van der Waals surface area contributed by atoms with Gasteiger partial charge in [0.2, 0.25) is 0 Å². The lowest BCUT2D eigenvalue weighted by atomic mass is 9.82. The first-order chi connectivity index (χ1) is 23.1. The predicted octanol–water partition coefficient (Wildman–Crippen LogP) is 12.7. The molecule has 0 saturated carbocycles. The highest BCUT2D eigenvalue weighted by Crippen LogP contribution is 2.51. The van der Waals surface area contributed by atoms with Gasteiger partial charge in [-0.25, -0.2) is 0 Å². The van der Waals surface area contributed by atoms with Gasteiger partial charge in [-0.2, -0.15) is 0 Å². The average molecular weight is 604 g/mol. The van der Waals surface area contributed by atoms with E-state index in [2.05, 4.69) is 176 Å². The molecule has 8 aromatic rings. The molecule has 0 saturated heterocycles. The first-order valence-corrected chi connectivity index (χ1v) is 16.3. The number of para-hydroxylation sites is 2. The van der Waals surface area contributed by atoms with E-state index in [4.69, 9.17) is 4.42 Å². The molecule has 2 nitrogen and oxygen atoms in total. The maximum absolute atomic E-state index is 6.33. The van der Waals surface area contributed by atoms with E-state index in [1.807, 2.05) is 6.07 Å². The summed E-state index contributed by atoms with van der Waals surface area (Å²) in [6, 6.07) is 58.9. The molecule has 0 atom stereocenters. The maximum Gasteiger partial charge on any atom is 0.136 e. The minimum atomic E-state index is -0.106. The summed E-state index contributed by atoms with van der Waals surface area (Å²) < 4.78 is 6.33. The molecular formula is C45H33NO. The molecule has 7 aromatic carbocycles. The molecule has 1 aliphatic carbocycles. The Kier molecular flexibility index (Phi) is 6.20. The summed E-state index contributed by atoms with van der Waals surface area (Å²) in [4.78, 5) is 2.42. The lowest BCUT2D eigenvalue weighted by Gasteiger charge is -2.30. The molecule has 0 N–H and O–H groups in total. The molecule has 1 heterocycles. The van der Waals surface area contributed by atoms with Gasteiger partial charge in [0.15, 0.2) is 0 Å². The molecule has 0 bridgehead atoms. The second kappa shape index (κ2) is 10.6. The number of hydrogen-bond acceptors (Lipinski definition) is 2. The van der Waals surface area contributed by atoms with Gasteiger partial charge in [-0.15, -0.1) is 0 Å². The summed E-state index contributed by atoms with van der Waals surface area (Å²) in [6.07, 6.45) is 0. The normalized spacial score (nSPS) is 13.1. The van der Waals surface area contributed by atoms with Crippen LogP contribution in [0, 0.1) is 0 Å². The van der Waals surface area contributed by atoms with E-state index < -0.39 is 0 Å². The zero-order valence-electron chi connectivity index (χ0n) is 26.4. The highest BCUT2D eigenvalue weighted by atomic mass is 16.3. The molecule has 0 aliphatic heterocycles. The fourth-order valence-corrected chi connectivity index (χ4v) is 7.59. The standard InChI is InChI=1S/C45H33NO/c1-45(2)39-19-9-6-15-34(39)35-28-27-33(29-40(35)45)46(32-25-23-31(24-26-32)30-13-4-3-5-14-30)41-20-10-7-16-36(41)37-18-12-22-43-44(37)38-17-8-11-21-42(38)47-43/h3-29H,1-2H3. The molecule has 2 heteroatoms. The van der Waals surface area contributed by atoms with Gasteiger partial charge in [-0.3, -0.25) is 0 Å². The lowest BCUT2D eigenvalue weighted by molar-refractivity contribution is 0.660. The zero-order chi connectivity index (χ0) is 31.5. The Morgan fingerprint density at radius 2 is 1.06 bits per heavy atom. The van der Waals surface area contributed by atoms with Gasteiger partial charge in [0.05, 0.1) is 5.69 Å². The molecule has 0 radical (unpaired) electrons. The van der Waals surface area contributed by atoms with Gasteiger partial charge in [-0.05, 0) is 81.4 Å². The van der Waals surface area contributed by atoms with Gasteiger partial charge in [0.1, 0.15) is 11.2 Å². The second-order valence-electron chi connectivity index (χ2n) is 12.9. The lowest BCUT2D eigenvalue weighted by Crippen LogP contribution is -2.16. The van der Waals surface area contributed by atoms with Crippen molar-refractivity contribution in [2.45, 2.75) is 19.3 Å². The fourth-order valence-electron chi connectivity index (χ4n) is 7.59. The van der Waals surface area contributed by atoms with Crippen LogP contribution in [0.3, 0.4) is 0 Å². The van der Waals surface area contributed by atoms with Crippen molar-refractivity contribution in [3.8, 4) is 33.4 Å². The second-order valence-corrected chi connectivity index (χ2v) is 12.9. The van der Waals surface area contributed by atoms with Gasteiger partial charge < -0.3 is 9.32 Å². The molecule has 1 aliphatic rings. The van der Waals surface area contributed by atoms with Crippen molar-refractivity contribution in [2.75, 3.05) is 4.90 Å². The Bertz CT molecular complexity index is 2430. The number of rotatable bonds is 5. The van der Waals surface area contributed by atoms with Crippen LogP contribution < -0.4 is 4.90 Å².